The highest BCUT2D eigenvalue weighted by atomic mass is 16.3. The number of nitrogens with one attached hydrogen (secondary N) is 2. The van der Waals surface area contributed by atoms with Crippen LogP contribution in [0.2, 0.25) is 0 Å². The van der Waals surface area contributed by atoms with Gasteiger partial charge in [-0.15, -0.1) is 0 Å². The molecule has 106 valence electrons. The van der Waals surface area contributed by atoms with E-state index in [2.05, 4.69) is 10.3 Å². The van der Waals surface area contributed by atoms with Gasteiger partial charge in [-0.3, -0.25) is 4.79 Å². The summed E-state index contributed by atoms with van der Waals surface area (Å²) in [6, 6.07) is 7.56. The molecule has 1 aliphatic rings. The molecular formula is C16H20N2O2. The molecule has 0 atom stereocenters. The molecule has 1 aromatic carbocycles. The number of aromatic nitrogens is 1. The molecule has 3 N–H and O–H groups in total. The quantitative estimate of drug-likeness (QED) is 0.804. The van der Waals surface area contributed by atoms with Gasteiger partial charge in [0.1, 0.15) is 0 Å². The first-order valence-electron chi connectivity index (χ1n) is 7.24. The summed E-state index contributed by atoms with van der Waals surface area (Å²) < 4.78 is 0. The van der Waals surface area contributed by atoms with Gasteiger partial charge in [0.2, 0.25) is 0 Å². The van der Waals surface area contributed by atoms with Crippen LogP contribution in [0, 0.1) is 0 Å². The normalized spacial score (nSPS) is 18.1. The lowest BCUT2D eigenvalue weighted by Crippen LogP contribution is -2.44. The third kappa shape index (κ3) is 2.70. The lowest BCUT2D eigenvalue weighted by Gasteiger charge is -2.32. The fraction of sp³-hybridized carbons (Fsp3) is 0.438. The van der Waals surface area contributed by atoms with Gasteiger partial charge in [0.05, 0.1) is 5.60 Å². The molecule has 4 heteroatoms. The molecule has 1 heterocycles. The first-order chi connectivity index (χ1) is 9.66. The molecule has 0 bridgehead atoms. The van der Waals surface area contributed by atoms with Gasteiger partial charge in [0, 0.05) is 23.8 Å². The summed E-state index contributed by atoms with van der Waals surface area (Å²) in [6.07, 6.45) is 6.68. The average molecular weight is 272 g/mol. The van der Waals surface area contributed by atoms with E-state index in [1.807, 2.05) is 30.5 Å². The standard InChI is InChI=1S/C16H20N2O2/c19-15(18-11-16(20)7-2-1-3-8-16)13-5-4-12-6-9-17-14(12)10-13/h4-6,9-10,17,20H,1-3,7-8,11H2,(H,18,19). The van der Waals surface area contributed by atoms with Crippen molar-refractivity contribution in [2.45, 2.75) is 37.7 Å². The Balaban J connectivity index is 1.66. The van der Waals surface area contributed by atoms with Crippen LogP contribution in [0.3, 0.4) is 0 Å². The van der Waals surface area contributed by atoms with Crippen LogP contribution >= 0.6 is 0 Å². The molecule has 20 heavy (non-hydrogen) atoms. The first kappa shape index (κ1) is 13.2. The van der Waals surface area contributed by atoms with Crippen molar-refractivity contribution in [1.29, 1.82) is 0 Å². The second kappa shape index (κ2) is 5.29. The molecule has 0 radical (unpaired) electrons. The average Bonchev–Trinajstić information content (AvgIpc) is 2.93. The molecule has 1 saturated carbocycles. The predicted molar refractivity (Wildman–Crippen MR) is 78.7 cm³/mol. The van der Waals surface area contributed by atoms with Crippen molar-refractivity contribution in [1.82, 2.24) is 10.3 Å². The molecule has 1 amide bonds. The number of H-pyrrole nitrogens is 1. The molecule has 2 aromatic rings. The number of carbonyl (C=O) groups is 1. The zero-order valence-corrected chi connectivity index (χ0v) is 11.5. The molecule has 4 nitrogen and oxygen atoms in total. The molecule has 1 fully saturated rings. The van der Waals surface area contributed by atoms with Gasteiger partial charge in [-0.05, 0) is 36.4 Å². The van der Waals surface area contributed by atoms with Gasteiger partial charge >= 0.3 is 0 Å². The van der Waals surface area contributed by atoms with Crippen molar-refractivity contribution in [3.63, 3.8) is 0 Å². The first-order valence-corrected chi connectivity index (χ1v) is 7.24. The zero-order valence-electron chi connectivity index (χ0n) is 11.5. The Bertz CT molecular complexity index is 612. The molecule has 0 aliphatic heterocycles. The van der Waals surface area contributed by atoms with Crippen LogP contribution < -0.4 is 5.32 Å². The summed E-state index contributed by atoms with van der Waals surface area (Å²) in [5.74, 6) is -0.125. The summed E-state index contributed by atoms with van der Waals surface area (Å²) in [6.45, 7) is 0.342. The Labute approximate surface area is 118 Å². The predicted octanol–water partition coefficient (Wildman–Crippen LogP) is 2.59. The van der Waals surface area contributed by atoms with E-state index in [0.29, 0.717) is 12.1 Å². The maximum Gasteiger partial charge on any atom is 0.251 e. The van der Waals surface area contributed by atoms with Gasteiger partial charge in [-0.2, -0.15) is 0 Å². The van der Waals surface area contributed by atoms with Crippen LogP contribution in [0.15, 0.2) is 30.5 Å². The summed E-state index contributed by atoms with van der Waals surface area (Å²) >= 11 is 0. The molecule has 1 aliphatic carbocycles. The van der Waals surface area contributed by atoms with Crippen LogP contribution in [-0.2, 0) is 0 Å². The van der Waals surface area contributed by atoms with Crippen molar-refractivity contribution in [3.8, 4) is 0 Å². The summed E-state index contributed by atoms with van der Waals surface area (Å²) in [4.78, 5) is 15.3. The van der Waals surface area contributed by atoms with Gasteiger partial charge in [0.15, 0.2) is 0 Å². The zero-order chi connectivity index (χ0) is 14.0. The van der Waals surface area contributed by atoms with Gasteiger partial charge in [-0.25, -0.2) is 0 Å². The van der Waals surface area contributed by atoms with Gasteiger partial charge in [-0.1, -0.05) is 25.3 Å². The SMILES string of the molecule is O=C(NCC1(O)CCCCC1)c1ccc2cc[nH]c2c1. The highest BCUT2D eigenvalue weighted by Gasteiger charge is 2.29. The monoisotopic (exact) mass is 272 g/mol. The molecule has 0 spiro atoms. The third-order valence-electron chi connectivity index (χ3n) is 4.18. The third-order valence-corrected chi connectivity index (χ3v) is 4.18. The largest absolute Gasteiger partial charge is 0.388 e. The van der Waals surface area contributed by atoms with Crippen molar-refractivity contribution < 1.29 is 9.90 Å². The number of amides is 1. The van der Waals surface area contributed by atoms with E-state index in [9.17, 15) is 9.90 Å². The highest BCUT2D eigenvalue weighted by molar-refractivity contribution is 5.97. The Kier molecular flexibility index (Phi) is 3.49. The van der Waals surface area contributed by atoms with Crippen LogP contribution in [0.25, 0.3) is 10.9 Å². The van der Waals surface area contributed by atoms with Crippen molar-refractivity contribution in [2.75, 3.05) is 6.54 Å². The van der Waals surface area contributed by atoms with Gasteiger partial charge < -0.3 is 15.4 Å². The molecule has 0 unspecified atom stereocenters. The van der Waals surface area contributed by atoms with Crippen molar-refractivity contribution >= 4 is 16.8 Å². The number of fused-ring (bicyclic) bond motifs is 1. The van der Waals surface area contributed by atoms with Crippen molar-refractivity contribution in [3.05, 3.63) is 36.0 Å². The minimum absolute atomic E-state index is 0.125. The number of benzene rings is 1. The lowest BCUT2D eigenvalue weighted by molar-refractivity contribution is 0.00526. The number of rotatable bonds is 3. The van der Waals surface area contributed by atoms with E-state index in [0.717, 1.165) is 36.6 Å². The van der Waals surface area contributed by atoms with E-state index in [-0.39, 0.29) is 5.91 Å². The second-order valence-corrected chi connectivity index (χ2v) is 5.75. The Morgan fingerprint density at radius 3 is 2.85 bits per heavy atom. The van der Waals surface area contributed by atoms with E-state index in [1.54, 1.807) is 0 Å². The Hall–Kier alpha value is -1.81. The van der Waals surface area contributed by atoms with E-state index in [4.69, 9.17) is 0 Å². The lowest BCUT2D eigenvalue weighted by atomic mass is 9.85. The van der Waals surface area contributed by atoms with E-state index in [1.165, 1.54) is 6.42 Å². The molecule has 3 rings (SSSR count). The Morgan fingerprint density at radius 2 is 2.05 bits per heavy atom. The smallest absolute Gasteiger partial charge is 0.251 e. The fourth-order valence-corrected chi connectivity index (χ4v) is 2.92. The number of aromatic amines is 1. The van der Waals surface area contributed by atoms with E-state index < -0.39 is 5.60 Å². The number of carbonyl (C=O) groups excluding carboxylic acids is 1. The maximum atomic E-state index is 12.2. The minimum Gasteiger partial charge on any atom is -0.388 e. The Morgan fingerprint density at radius 1 is 1.25 bits per heavy atom. The molecular weight excluding hydrogens is 252 g/mol. The fourth-order valence-electron chi connectivity index (χ4n) is 2.92. The summed E-state index contributed by atoms with van der Waals surface area (Å²) in [5.41, 5.74) is 0.859. The van der Waals surface area contributed by atoms with Crippen LogP contribution in [0.5, 0.6) is 0 Å². The molecule has 1 aromatic heterocycles. The van der Waals surface area contributed by atoms with Crippen LogP contribution in [-0.4, -0.2) is 28.1 Å². The highest BCUT2D eigenvalue weighted by Crippen LogP contribution is 2.27. The van der Waals surface area contributed by atoms with Crippen molar-refractivity contribution in [2.24, 2.45) is 0 Å². The summed E-state index contributed by atoms with van der Waals surface area (Å²) in [7, 11) is 0. The van der Waals surface area contributed by atoms with Crippen LogP contribution in [0.4, 0.5) is 0 Å². The van der Waals surface area contributed by atoms with Gasteiger partial charge in [0.25, 0.3) is 5.91 Å². The number of hydrogen-bond donors (Lipinski definition) is 3. The minimum atomic E-state index is -0.718. The maximum absolute atomic E-state index is 12.2. The number of aliphatic hydroxyl groups is 1. The topological polar surface area (TPSA) is 65.1 Å². The van der Waals surface area contributed by atoms with Crippen LogP contribution in [0.1, 0.15) is 42.5 Å². The second-order valence-electron chi connectivity index (χ2n) is 5.75. The van der Waals surface area contributed by atoms with E-state index >= 15 is 0 Å². The number of hydrogen-bond acceptors (Lipinski definition) is 2. The molecule has 0 saturated heterocycles. The summed E-state index contributed by atoms with van der Waals surface area (Å²) in [5, 5.41) is 14.3.